The Kier molecular flexibility index (Phi) is 3.91. The molecule has 1 N–H and O–H groups in total. The number of piperidine rings is 1. The van der Waals surface area contributed by atoms with Crippen LogP contribution in [0.3, 0.4) is 0 Å². The van der Waals surface area contributed by atoms with Crippen molar-refractivity contribution in [1.29, 1.82) is 0 Å². The SMILES string of the molecule is CC1(C)CCN(C2CCCCC2)CC1CO. The van der Waals surface area contributed by atoms with E-state index >= 15 is 0 Å². The second-order valence-electron chi connectivity index (χ2n) is 6.40. The first kappa shape index (κ1) is 12.4. The minimum Gasteiger partial charge on any atom is -0.396 e. The number of hydrogen-bond donors (Lipinski definition) is 1. The largest absolute Gasteiger partial charge is 0.396 e. The Hall–Kier alpha value is -0.0800. The van der Waals surface area contributed by atoms with Gasteiger partial charge in [-0.3, -0.25) is 4.90 Å². The standard InChI is InChI=1S/C14H27NO/c1-14(2)8-9-15(10-12(14)11-16)13-6-4-3-5-7-13/h12-13,16H,3-11H2,1-2H3. The molecule has 0 aromatic rings. The molecule has 1 heterocycles. The number of aliphatic hydroxyl groups is 1. The van der Waals surface area contributed by atoms with E-state index in [1.807, 2.05) is 0 Å². The normalized spacial score (nSPS) is 32.8. The maximum Gasteiger partial charge on any atom is 0.0476 e. The number of likely N-dealkylation sites (tertiary alicyclic amines) is 1. The van der Waals surface area contributed by atoms with Crippen molar-refractivity contribution in [2.75, 3.05) is 19.7 Å². The Bertz CT molecular complexity index is 221. The molecular formula is C14H27NO. The minimum atomic E-state index is 0.333. The molecule has 2 aliphatic rings. The van der Waals surface area contributed by atoms with E-state index in [4.69, 9.17) is 0 Å². The molecule has 94 valence electrons. The van der Waals surface area contributed by atoms with Gasteiger partial charge in [-0.2, -0.15) is 0 Å². The van der Waals surface area contributed by atoms with E-state index in [9.17, 15) is 5.11 Å². The molecule has 1 aliphatic heterocycles. The van der Waals surface area contributed by atoms with Gasteiger partial charge in [0.25, 0.3) is 0 Å². The number of hydrogen-bond acceptors (Lipinski definition) is 2. The van der Waals surface area contributed by atoms with Gasteiger partial charge in [-0.15, -0.1) is 0 Å². The van der Waals surface area contributed by atoms with Gasteiger partial charge in [0.05, 0.1) is 0 Å². The molecule has 0 bridgehead atoms. The number of aliphatic hydroxyl groups excluding tert-OH is 1. The lowest BCUT2D eigenvalue weighted by atomic mass is 9.73. The van der Waals surface area contributed by atoms with Crippen molar-refractivity contribution in [2.24, 2.45) is 11.3 Å². The quantitative estimate of drug-likeness (QED) is 0.781. The van der Waals surface area contributed by atoms with Crippen LogP contribution in [0, 0.1) is 11.3 Å². The van der Waals surface area contributed by atoms with Gasteiger partial charge in [0.2, 0.25) is 0 Å². The molecule has 2 fully saturated rings. The highest BCUT2D eigenvalue weighted by Crippen LogP contribution is 2.37. The van der Waals surface area contributed by atoms with E-state index in [2.05, 4.69) is 18.7 Å². The van der Waals surface area contributed by atoms with Crippen molar-refractivity contribution in [1.82, 2.24) is 4.90 Å². The van der Waals surface area contributed by atoms with E-state index in [1.165, 1.54) is 45.1 Å². The summed E-state index contributed by atoms with van der Waals surface area (Å²) in [5.74, 6) is 0.475. The minimum absolute atomic E-state index is 0.333. The summed E-state index contributed by atoms with van der Waals surface area (Å²) < 4.78 is 0. The molecule has 2 heteroatoms. The molecule has 2 nitrogen and oxygen atoms in total. The van der Waals surface area contributed by atoms with Crippen molar-refractivity contribution < 1.29 is 5.11 Å². The zero-order valence-electron chi connectivity index (χ0n) is 10.9. The van der Waals surface area contributed by atoms with E-state index in [1.54, 1.807) is 0 Å². The highest BCUT2D eigenvalue weighted by Gasteiger charge is 2.37. The molecule has 0 aromatic heterocycles. The first-order valence-electron chi connectivity index (χ1n) is 6.98. The lowest BCUT2D eigenvalue weighted by Crippen LogP contribution is -2.50. The molecule has 1 aliphatic carbocycles. The molecule has 1 unspecified atom stereocenters. The van der Waals surface area contributed by atoms with Crippen molar-refractivity contribution in [2.45, 2.75) is 58.4 Å². The van der Waals surface area contributed by atoms with E-state index in [-0.39, 0.29) is 0 Å². The Morgan fingerprint density at radius 3 is 2.50 bits per heavy atom. The molecule has 0 spiro atoms. The Labute approximate surface area is 100 Å². The van der Waals surface area contributed by atoms with Crippen LogP contribution in [0.1, 0.15) is 52.4 Å². The summed E-state index contributed by atoms with van der Waals surface area (Å²) in [5, 5.41) is 9.52. The number of nitrogens with zero attached hydrogens (tertiary/aromatic N) is 1. The third-order valence-electron chi connectivity index (χ3n) is 4.91. The average molecular weight is 225 g/mol. The van der Waals surface area contributed by atoms with Crippen LogP contribution in [-0.2, 0) is 0 Å². The third-order valence-corrected chi connectivity index (χ3v) is 4.91. The molecule has 2 rings (SSSR count). The van der Waals surface area contributed by atoms with Gasteiger partial charge < -0.3 is 5.11 Å². The summed E-state index contributed by atoms with van der Waals surface area (Å²) in [6.07, 6.45) is 8.27. The number of rotatable bonds is 2. The van der Waals surface area contributed by atoms with Gasteiger partial charge >= 0.3 is 0 Å². The van der Waals surface area contributed by atoms with E-state index in [0.717, 1.165) is 12.6 Å². The van der Waals surface area contributed by atoms with Gasteiger partial charge in [-0.25, -0.2) is 0 Å². The van der Waals surface area contributed by atoms with Crippen molar-refractivity contribution in [3.05, 3.63) is 0 Å². The predicted octanol–water partition coefficient (Wildman–Crippen LogP) is 2.66. The molecular weight excluding hydrogens is 198 g/mol. The highest BCUT2D eigenvalue weighted by atomic mass is 16.3. The van der Waals surface area contributed by atoms with Crippen molar-refractivity contribution in [3.63, 3.8) is 0 Å². The molecule has 0 radical (unpaired) electrons. The molecule has 0 amide bonds. The molecule has 1 saturated heterocycles. The maximum atomic E-state index is 9.52. The Balaban J connectivity index is 1.93. The van der Waals surface area contributed by atoms with Crippen molar-refractivity contribution in [3.8, 4) is 0 Å². The lowest BCUT2D eigenvalue weighted by Gasteiger charge is -2.47. The van der Waals surface area contributed by atoms with Gasteiger partial charge in [-0.1, -0.05) is 33.1 Å². The van der Waals surface area contributed by atoms with Crippen LogP contribution in [-0.4, -0.2) is 35.7 Å². The van der Waals surface area contributed by atoms with Gasteiger partial charge in [0, 0.05) is 19.2 Å². The van der Waals surface area contributed by atoms with Gasteiger partial charge in [-0.05, 0) is 37.1 Å². The molecule has 1 saturated carbocycles. The Morgan fingerprint density at radius 2 is 1.88 bits per heavy atom. The fourth-order valence-electron chi connectivity index (χ4n) is 3.34. The topological polar surface area (TPSA) is 23.5 Å². The van der Waals surface area contributed by atoms with Crippen LogP contribution in [0.5, 0.6) is 0 Å². The molecule has 1 atom stereocenters. The van der Waals surface area contributed by atoms with Crippen LogP contribution >= 0.6 is 0 Å². The summed E-state index contributed by atoms with van der Waals surface area (Å²) in [7, 11) is 0. The van der Waals surface area contributed by atoms with E-state index < -0.39 is 0 Å². The first-order chi connectivity index (χ1) is 7.63. The van der Waals surface area contributed by atoms with E-state index in [0.29, 0.717) is 17.9 Å². The fourth-order valence-corrected chi connectivity index (χ4v) is 3.34. The summed E-state index contributed by atoms with van der Waals surface area (Å²) in [6, 6.07) is 0.818. The second kappa shape index (κ2) is 5.05. The predicted molar refractivity (Wildman–Crippen MR) is 67.4 cm³/mol. The first-order valence-corrected chi connectivity index (χ1v) is 6.98. The van der Waals surface area contributed by atoms with Crippen LogP contribution in [0.25, 0.3) is 0 Å². The van der Waals surface area contributed by atoms with Crippen LogP contribution in [0.2, 0.25) is 0 Å². The Morgan fingerprint density at radius 1 is 1.19 bits per heavy atom. The molecule has 16 heavy (non-hydrogen) atoms. The third kappa shape index (κ3) is 2.60. The summed E-state index contributed by atoms with van der Waals surface area (Å²) >= 11 is 0. The molecule has 0 aromatic carbocycles. The van der Waals surface area contributed by atoms with Crippen LogP contribution in [0.15, 0.2) is 0 Å². The second-order valence-corrected chi connectivity index (χ2v) is 6.40. The summed E-state index contributed by atoms with van der Waals surface area (Å²) in [6.45, 7) is 7.34. The average Bonchev–Trinajstić information content (AvgIpc) is 2.30. The maximum absolute atomic E-state index is 9.52. The smallest absolute Gasteiger partial charge is 0.0476 e. The van der Waals surface area contributed by atoms with Gasteiger partial charge in [0.15, 0.2) is 0 Å². The summed E-state index contributed by atoms with van der Waals surface area (Å²) in [5.41, 5.74) is 0.333. The van der Waals surface area contributed by atoms with Crippen molar-refractivity contribution >= 4 is 0 Å². The summed E-state index contributed by atoms with van der Waals surface area (Å²) in [4.78, 5) is 2.66. The fraction of sp³-hybridized carbons (Fsp3) is 1.00. The van der Waals surface area contributed by atoms with Crippen LogP contribution < -0.4 is 0 Å². The zero-order valence-corrected chi connectivity index (χ0v) is 10.9. The highest BCUT2D eigenvalue weighted by molar-refractivity contribution is 4.89. The lowest BCUT2D eigenvalue weighted by molar-refractivity contribution is -0.00337. The van der Waals surface area contributed by atoms with Gasteiger partial charge in [0.1, 0.15) is 0 Å². The monoisotopic (exact) mass is 225 g/mol. The van der Waals surface area contributed by atoms with Crippen LogP contribution in [0.4, 0.5) is 0 Å². The zero-order chi connectivity index (χ0) is 11.6.